The molecule has 2 heterocycles. The number of thiocarbonyl (C=S) groups is 1. The number of halogens is 1. The van der Waals surface area contributed by atoms with E-state index >= 15 is 0 Å². The zero-order valence-corrected chi connectivity index (χ0v) is 15.1. The van der Waals surface area contributed by atoms with Crippen LogP contribution in [0.25, 0.3) is 0 Å². The number of nitrogens with one attached hydrogen (secondary N) is 1. The van der Waals surface area contributed by atoms with Crippen LogP contribution < -0.4 is 19.7 Å². The molecule has 4 rings (SSSR count). The molecule has 0 unspecified atom stereocenters. The summed E-state index contributed by atoms with van der Waals surface area (Å²) in [7, 11) is 0. The van der Waals surface area contributed by atoms with Crippen LogP contribution in [-0.2, 0) is 6.54 Å². The molecule has 0 bridgehead atoms. The fourth-order valence-electron chi connectivity index (χ4n) is 3.16. The molecule has 7 heteroatoms. The van der Waals surface area contributed by atoms with Crippen LogP contribution in [0.15, 0.2) is 42.5 Å². The Kier molecular flexibility index (Phi) is 4.79. The fraction of sp³-hybridized carbons (Fsp3) is 0.316. The minimum atomic E-state index is -0.207. The first-order chi connectivity index (χ1) is 12.7. The first kappa shape index (κ1) is 16.9. The quantitative estimate of drug-likeness (QED) is 0.834. The highest BCUT2D eigenvalue weighted by atomic mass is 32.1. The van der Waals surface area contributed by atoms with Crippen LogP contribution in [0.3, 0.4) is 0 Å². The second-order valence-corrected chi connectivity index (χ2v) is 6.68. The normalized spacial score (nSPS) is 15.9. The van der Waals surface area contributed by atoms with Crippen LogP contribution in [0.5, 0.6) is 11.5 Å². The Balaban J connectivity index is 1.27. The summed E-state index contributed by atoms with van der Waals surface area (Å²) in [4.78, 5) is 4.42. The lowest BCUT2D eigenvalue weighted by Gasteiger charge is -2.37. The van der Waals surface area contributed by atoms with Gasteiger partial charge in [0.25, 0.3) is 0 Å². The zero-order chi connectivity index (χ0) is 17.9. The lowest BCUT2D eigenvalue weighted by molar-refractivity contribution is 0.174. The molecule has 2 aliphatic rings. The molecule has 2 aromatic rings. The van der Waals surface area contributed by atoms with E-state index in [0.29, 0.717) is 6.54 Å². The highest BCUT2D eigenvalue weighted by Crippen LogP contribution is 2.32. The van der Waals surface area contributed by atoms with Gasteiger partial charge in [-0.25, -0.2) is 4.39 Å². The van der Waals surface area contributed by atoms with Gasteiger partial charge >= 0.3 is 0 Å². The van der Waals surface area contributed by atoms with Crippen molar-refractivity contribution in [2.45, 2.75) is 6.54 Å². The van der Waals surface area contributed by atoms with E-state index in [1.165, 1.54) is 12.1 Å². The van der Waals surface area contributed by atoms with E-state index in [9.17, 15) is 4.39 Å². The van der Waals surface area contributed by atoms with Crippen molar-refractivity contribution in [3.63, 3.8) is 0 Å². The number of anilines is 1. The predicted octanol–water partition coefficient (Wildman–Crippen LogP) is 2.75. The topological polar surface area (TPSA) is 37.0 Å². The maximum absolute atomic E-state index is 13.1. The van der Waals surface area contributed by atoms with Crippen LogP contribution in [0, 0.1) is 5.82 Å². The molecular weight excluding hydrogens is 353 g/mol. The Labute approximate surface area is 157 Å². The molecule has 1 N–H and O–H groups in total. The van der Waals surface area contributed by atoms with Crippen LogP contribution in [0.1, 0.15) is 5.56 Å². The molecule has 2 aromatic carbocycles. The van der Waals surface area contributed by atoms with Crippen molar-refractivity contribution in [3.8, 4) is 11.5 Å². The summed E-state index contributed by atoms with van der Waals surface area (Å²) in [5, 5.41) is 4.07. The lowest BCUT2D eigenvalue weighted by Crippen LogP contribution is -2.51. The summed E-state index contributed by atoms with van der Waals surface area (Å²) < 4.78 is 23.8. The van der Waals surface area contributed by atoms with Gasteiger partial charge in [-0.1, -0.05) is 6.07 Å². The Morgan fingerprint density at radius 1 is 1.00 bits per heavy atom. The van der Waals surface area contributed by atoms with Crippen LogP contribution in [0.2, 0.25) is 0 Å². The van der Waals surface area contributed by atoms with Crippen molar-refractivity contribution < 1.29 is 13.9 Å². The third-order valence-electron chi connectivity index (χ3n) is 4.64. The molecular formula is C19H20FN3O2S. The first-order valence-electron chi connectivity index (χ1n) is 8.61. The minimum Gasteiger partial charge on any atom is -0.454 e. The number of ether oxygens (including phenoxy) is 2. The van der Waals surface area contributed by atoms with Crippen LogP contribution in [0.4, 0.5) is 10.1 Å². The summed E-state index contributed by atoms with van der Waals surface area (Å²) in [5.41, 5.74) is 2.15. The molecule has 0 saturated carbocycles. The summed E-state index contributed by atoms with van der Waals surface area (Å²) in [6, 6.07) is 12.5. The van der Waals surface area contributed by atoms with Crippen molar-refractivity contribution in [1.29, 1.82) is 0 Å². The van der Waals surface area contributed by atoms with Gasteiger partial charge in [-0.2, -0.15) is 0 Å². The van der Waals surface area contributed by atoms with E-state index in [2.05, 4.69) is 15.1 Å². The number of benzene rings is 2. The number of hydrogen-bond donors (Lipinski definition) is 1. The summed E-state index contributed by atoms with van der Waals surface area (Å²) in [5.74, 6) is 1.36. The van der Waals surface area contributed by atoms with Gasteiger partial charge < -0.3 is 24.6 Å². The highest BCUT2D eigenvalue weighted by molar-refractivity contribution is 7.80. The van der Waals surface area contributed by atoms with Crippen molar-refractivity contribution >= 4 is 23.0 Å². The largest absolute Gasteiger partial charge is 0.454 e. The summed E-state index contributed by atoms with van der Waals surface area (Å²) >= 11 is 5.54. The third kappa shape index (κ3) is 3.67. The molecule has 0 radical (unpaired) electrons. The molecule has 1 fully saturated rings. The Morgan fingerprint density at radius 2 is 1.73 bits per heavy atom. The lowest BCUT2D eigenvalue weighted by atomic mass is 10.2. The molecule has 5 nitrogen and oxygen atoms in total. The monoisotopic (exact) mass is 373 g/mol. The number of nitrogens with zero attached hydrogens (tertiary/aromatic N) is 2. The van der Waals surface area contributed by atoms with Gasteiger partial charge in [0.15, 0.2) is 16.6 Å². The third-order valence-corrected chi connectivity index (χ3v) is 5.04. The van der Waals surface area contributed by atoms with Gasteiger partial charge in [-0.3, -0.25) is 0 Å². The second kappa shape index (κ2) is 7.37. The fourth-order valence-corrected chi connectivity index (χ4v) is 3.41. The zero-order valence-electron chi connectivity index (χ0n) is 14.3. The van der Waals surface area contributed by atoms with Gasteiger partial charge in [0.1, 0.15) is 5.82 Å². The minimum absolute atomic E-state index is 0.207. The van der Waals surface area contributed by atoms with Crippen molar-refractivity contribution in [3.05, 3.63) is 53.8 Å². The van der Waals surface area contributed by atoms with E-state index < -0.39 is 0 Å². The van der Waals surface area contributed by atoms with Gasteiger partial charge in [-0.05, 0) is 54.2 Å². The summed E-state index contributed by atoms with van der Waals surface area (Å²) in [6.07, 6.45) is 0. The standard InChI is InChI=1S/C19H20FN3O2S/c20-15-2-4-16(5-3-15)22-7-9-23(10-8-22)19(26)21-12-14-1-6-17-18(11-14)25-13-24-17/h1-6,11H,7-10,12-13H2,(H,21,26). The van der Waals surface area contributed by atoms with Gasteiger partial charge in [0, 0.05) is 38.4 Å². The number of piperazine rings is 1. The molecule has 2 aliphatic heterocycles. The van der Waals surface area contributed by atoms with Crippen LogP contribution >= 0.6 is 12.2 Å². The van der Waals surface area contributed by atoms with E-state index in [1.807, 2.05) is 30.3 Å². The molecule has 26 heavy (non-hydrogen) atoms. The average molecular weight is 373 g/mol. The van der Waals surface area contributed by atoms with E-state index in [-0.39, 0.29) is 12.6 Å². The summed E-state index contributed by atoms with van der Waals surface area (Å²) in [6.45, 7) is 4.32. The van der Waals surface area contributed by atoms with Gasteiger partial charge in [0.05, 0.1) is 0 Å². The highest BCUT2D eigenvalue weighted by Gasteiger charge is 2.19. The second-order valence-electron chi connectivity index (χ2n) is 6.30. The predicted molar refractivity (Wildman–Crippen MR) is 102 cm³/mol. The van der Waals surface area contributed by atoms with E-state index in [0.717, 1.165) is 54.0 Å². The number of fused-ring (bicyclic) bond motifs is 1. The first-order valence-corrected chi connectivity index (χ1v) is 9.02. The van der Waals surface area contributed by atoms with Crippen molar-refractivity contribution in [2.24, 2.45) is 0 Å². The molecule has 0 spiro atoms. The molecule has 1 saturated heterocycles. The van der Waals surface area contributed by atoms with Gasteiger partial charge in [-0.15, -0.1) is 0 Å². The van der Waals surface area contributed by atoms with Crippen molar-refractivity contribution in [1.82, 2.24) is 10.2 Å². The molecule has 0 amide bonds. The molecule has 0 atom stereocenters. The Morgan fingerprint density at radius 3 is 2.50 bits per heavy atom. The van der Waals surface area contributed by atoms with Gasteiger partial charge in [0.2, 0.25) is 6.79 Å². The molecule has 136 valence electrons. The van der Waals surface area contributed by atoms with E-state index in [4.69, 9.17) is 21.7 Å². The molecule has 0 aromatic heterocycles. The smallest absolute Gasteiger partial charge is 0.231 e. The average Bonchev–Trinajstić information content (AvgIpc) is 3.15. The van der Waals surface area contributed by atoms with E-state index in [1.54, 1.807) is 0 Å². The van der Waals surface area contributed by atoms with Crippen molar-refractivity contribution in [2.75, 3.05) is 37.9 Å². The Bertz CT molecular complexity index is 792. The SMILES string of the molecule is Fc1ccc(N2CCN(C(=S)NCc3ccc4c(c3)OCO4)CC2)cc1. The van der Waals surface area contributed by atoms with Crippen LogP contribution in [-0.4, -0.2) is 43.0 Å². The Hall–Kier alpha value is -2.54. The maximum Gasteiger partial charge on any atom is 0.231 e. The molecule has 0 aliphatic carbocycles. The number of hydrogen-bond acceptors (Lipinski definition) is 4. The number of rotatable bonds is 3. The maximum atomic E-state index is 13.1.